The zero-order chi connectivity index (χ0) is 12.3. The molecule has 0 aliphatic heterocycles. The first-order valence-corrected chi connectivity index (χ1v) is 6.89. The molecule has 90 valence electrons. The fourth-order valence-corrected chi connectivity index (χ4v) is 2.25. The second kappa shape index (κ2) is 5.26. The minimum atomic E-state index is -2.55. The first-order valence-electron chi connectivity index (χ1n) is 4.83. The van der Waals surface area contributed by atoms with E-state index in [2.05, 4.69) is 9.71 Å². The molecule has 0 aliphatic rings. The third-order valence-corrected chi connectivity index (χ3v) is 3.27. The Balaban J connectivity index is 2.12. The predicted molar refractivity (Wildman–Crippen MR) is 69.1 cm³/mol. The number of nitrogens with one attached hydrogen (secondary N) is 1. The van der Waals surface area contributed by atoms with E-state index < -0.39 is 10.9 Å². The molecule has 0 unspecified atom stereocenters. The average molecular weight is 269 g/mol. The van der Waals surface area contributed by atoms with Gasteiger partial charge in [-0.05, 0) is 5.56 Å². The maximum Gasteiger partial charge on any atom is 0.201 e. The highest BCUT2D eigenvalue weighted by Crippen LogP contribution is 2.23. The highest BCUT2D eigenvalue weighted by Gasteiger charge is 2.02. The summed E-state index contributed by atoms with van der Waals surface area (Å²) in [5, 5.41) is 2.42. The maximum absolute atomic E-state index is 10.4. The zero-order valence-corrected chi connectivity index (χ0v) is 10.5. The van der Waals surface area contributed by atoms with Crippen LogP contribution < -0.4 is 10.5 Å². The quantitative estimate of drug-likeness (QED) is 0.723. The fourth-order valence-electron chi connectivity index (χ4n) is 1.37. The number of thiazole rings is 1. The van der Waals surface area contributed by atoms with Crippen molar-refractivity contribution in [2.75, 3.05) is 5.73 Å². The number of benzene rings is 1. The molecule has 0 radical (unpaired) electrons. The highest BCUT2D eigenvalue weighted by molar-refractivity contribution is 7.70. The molecule has 2 rings (SSSR count). The lowest BCUT2D eigenvalue weighted by Gasteiger charge is -2.00. The number of nitrogen functional groups attached to an aromatic ring is 1. The van der Waals surface area contributed by atoms with Crippen LogP contribution in [0.2, 0.25) is 0 Å². The molecular formula is C10H11N3O2S2. The summed E-state index contributed by atoms with van der Waals surface area (Å²) in [6, 6.07) is 7.50. The Kier molecular flexibility index (Phi) is 3.72. The first-order chi connectivity index (χ1) is 8.15. The van der Waals surface area contributed by atoms with Crippen molar-refractivity contribution in [3.8, 4) is 11.3 Å². The molecule has 0 saturated carbocycles. The molecule has 0 atom stereocenters. The number of hydrogen-bond donors (Lipinski definition) is 3. The molecule has 7 heteroatoms. The number of rotatable bonds is 4. The van der Waals surface area contributed by atoms with Crippen LogP contribution in [-0.2, 0) is 17.4 Å². The van der Waals surface area contributed by atoms with Gasteiger partial charge in [-0.15, -0.1) is 11.3 Å². The van der Waals surface area contributed by atoms with E-state index >= 15 is 0 Å². The van der Waals surface area contributed by atoms with Crippen LogP contribution in [0.5, 0.6) is 0 Å². The number of aromatic nitrogens is 1. The zero-order valence-electron chi connectivity index (χ0n) is 8.79. The number of thiol groups is 1. The lowest BCUT2D eigenvalue weighted by Crippen LogP contribution is -2.09. The highest BCUT2D eigenvalue weighted by atomic mass is 32.2. The van der Waals surface area contributed by atoms with Crippen molar-refractivity contribution in [3.63, 3.8) is 0 Å². The summed E-state index contributed by atoms with van der Waals surface area (Å²) in [6.45, 7) is 0.304. The molecule has 1 aromatic heterocycles. The Morgan fingerprint density at radius 3 is 2.53 bits per heavy atom. The van der Waals surface area contributed by atoms with Gasteiger partial charge in [0.25, 0.3) is 0 Å². The van der Waals surface area contributed by atoms with Crippen LogP contribution in [-0.4, -0.2) is 13.4 Å². The summed E-state index contributed by atoms with van der Waals surface area (Å²) in [6.07, 6.45) is 0. The van der Waals surface area contributed by atoms with E-state index in [-0.39, 0.29) is 0 Å². The van der Waals surface area contributed by atoms with E-state index in [1.165, 1.54) is 11.3 Å². The number of nitrogens with zero attached hydrogens (tertiary/aromatic N) is 1. The molecule has 0 saturated heterocycles. The topological polar surface area (TPSA) is 85.1 Å². The number of nitrogens with two attached hydrogens (primary N) is 1. The van der Waals surface area contributed by atoms with E-state index in [1.54, 1.807) is 0 Å². The third-order valence-electron chi connectivity index (χ3n) is 2.18. The van der Waals surface area contributed by atoms with Gasteiger partial charge >= 0.3 is 0 Å². The second-order valence-electron chi connectivity index (χ2n) is 3.36. The molecule has 0 spiro atoms. The SMILES string of the molecule is Nc1nc(-c2ccc(CN[SH](=O)=O)cc2)cs1. The van der Waals surface area contributed by atoms with E-state index in [1.807, 2.05) is 29.6 Å². The lowest BCUT2D eigenvalue weighted by atomic mass is 10.1. The van der Waals surface area contributed by atoms with Gasteiger partial charge in [-0.25, -0.2) is 18.1 Å². The van der Waals surface area contributed by atoms with Crippen LogP contribution in [0.25, 0.3) is 11.3 Å². The van der Waals surface area contributed by atoms with E-state index in [0.29, 0.717) is 11.7 Å². The average Bonchev–Trinajstić information content (AvgIpc) is 2.74. The molecule has 17 heavy (non-hydrogen) atoms. The monoisotopic (exact) mass is 269 g/mol. The minimum Gasteiger partial charge on any atom is -0.375 e. The summed E-state index contributed by atoms with van der Waals surface area (Å²) in [4.78, 5) is 4.17. The Bertz CT molecular complexity index is 567. The summed E-state index contributed by atoms with van der Waals surface area (Å²) in [5.41, 5.74) is 8.26. The summed E-state index contributed by atoms with van der Waals surface area (Å²) >= 11 is 1.39. The summed E-state index contributed by atoms with van der Waals surface area (Å²) < 4.78 is 23.1. The number of hydrogen-bond acceptors (Lipinski definition) is 5. The maximum atomic E-state index is 10.4. The standard InChI is InChI=1S/C10H11N3O2S2/c11-10-13-9(6-16-10)8-3-1-7(2-4-8)5-12-17(14)15/h1-4,6,17H,5H2,(H2,11,13)(H,12,14,15). The lowest BCUT2D eigenvalue weighted by molar-refractivity contribution is 0.601. The van der Waals surface area contributed by atoms with Gasteiger partial charge in [-0.2, -0.15) is 0 Å². The Morgan fingerprint density at radius 2 is 2.00 bits per heavy atom. The summed E-state index contributed by atoms with van der Waals surface area (Å²) in [5.74, 6) is 0. The van der Waals surface area contributed by atoms with Crippen LogP contribution >= 0.6 is 11.3 Å². The van der Waals surface area contributed by atoms with Crippen molar-refractivity contribution in [2.45, 2.75) is 6.54 Å². The molecule has 3 N–H and O–H groups in total. The van der Waals surface area contributed by atoms with Crippen LogP contribution in [0.1, 0.15) is 5.56 Å². The van der Waals surface area contributed by atoms with Gasteiger partial charge in [-0.1, -0.05) is 24.3 Å². The Labute approximate surface area is 104 Å². The van der Waals surface area contributed by atoms with Crippen LogP contribution in [0, 0.1) is 0 Å². The van der Waals surface area contributed by atoms with Gasteiger partial charge in [0.1, 0.15) is 0 Å². The summed E-state index contributed by atoms with van der Waals surface area (Å²) in [7, 11) is -2.55. The Hall–Kier alpha value is -1.44. The molecule has 1 heterocycles. The van der Waals surface area contributed by atoms with E-state index in [4.69, 9.17) is 5.73 Å². The van der Waals surface area contributed by atoms with Crippen molar-refractivity contribution in [1.82, 2.24) is 9.71 Å². The molecule has 0 amide bonds. The Morgan fingerprint density at radius 1 is 1.29 bits per heavy atom. The van der Waals surface area contributed by atoms with E-state index in [9.17, 15) is 8.42 Å². The van der Waals surface area contributed by atoms with Crippen molar-refractivity contribution in [1.29, 1.82) is 0 Å². The van der Waals surface area contributed by atoms with Gasteiger partial charge in [0.2, 0.25) is 10.9 Å². The molecule has 5 nitrogen and oxygen atoms in total. The van der Waals surface area contributed by atoms with Gasteiger partial charge < -0.3 is 5.73 Å². The van der Waals surface area contributed by atoms with E-state index in [0.717, 1.165) is 16.8 Å². The molecule has 1 aromatic carbocycles. The molecule has 0 aliphatic carbocycles. The smallest absolute Gasteiger partial charge is 0.201 e. The normalized spacial score (nSPS) is 10.9. The van der Waals surface area contributed by atoms with Gasteiger partial charge in [0, 0.05) is 17.5 Å². The molecule has 2 aromatic rings. The van der Waals surface area contributed by atoms with Gasteiger partial charge in [0.05, 0.1) is 5.69 Å². The predicted octanol–water partition coefficient (Wildman–Crippen LogP) is 1.01. The van der Waals surface area contributed by atoms with Crippen LogP contribution in [0.4, 0.5) is 5.13 Å². The fraction of sp³-hybridized carbons (Fsp3) is 0.100. The van der Waals surface area contributed by atoms with Gasteiger partial charge in [0.15, 0.2) is 5.13 Å². The second-order valence-corrected chi connectivity index (χ2v) is 5.08. The van der Waals surface area contributed by atoms with Crippen LogP contribution in [0.3, 0.4) is 0 Å². The third kappa shape index (κ3) is 3.26. The van der Waals surface area contributed by atoms with Crippen molar-refractivity contribution in [2.24, 2.45) is 0 Å². The molecule has 0 fully saturated rings. The molecule has 0 bridgehead atoms. The van der Waals surface area contributed by atoms with Crippen LogP contribution in [0.15, 0.2) is 29.6 Å². The van der Waals surface area contributed by atoms with Gasteiger partial charge in [-0.3, -0.25) is 0 Å². The minimum absolute atomic E-state index is 0.304. The van der Waals surface area contributed by atoms with Crippen molar-refractivity contribution < 1.29 is 8.42 Å². The molecular weight excluding hydrogens is 258 g/mol. The van der Waals surface area contributed by atoms with Crippen molar-refractivity contribution in [3.05, 3.63) is 35.2 Å². The largest absolute Gasteiger partial charge is 0.375 e. The first kappa shape index (κ1) is 12.0. The van der Waals surface area contributed by atoms with Crippen molar-refractivity contribution >= 4 is 27.4 Å². The number of anilines is 1.